The molecular weight excluding hydrogens is 192 g/mol. The van der Waals surface area contributed by atoms with Gasteiger partial charge in [-0.15, -0.1) is 6.58 Å². The zero-order chi connectivity index (χ0) is 11.9. The van der Waals surface area contributed by atoms with Crippen molar-refractivity contribution in [2.75, 3.05) is 0 Å². The highest BCUT2D eigenvalue weighted by molar-refractivity contribution is 4.96. The molecule has 0 aromatic carbocycles. The zero-order valence-electron chi connectivity index (χ0n) is 10.6. The summed E-state index contributed by atoms with van der Waals surface area (Å²) in [5.41, 5.74) is 0. The SMILES string of the molecule is C=CC/[C]=C/CC=CCC=CCCCCC. The monoisotopic (exact) mass is 217 g/mol. The van der Waals surface area contributed by atoms with Gasteiger partial charge in [0.05, 0.1) is 0 Å². The van der Waals surface area contributed by atoms with E-state index in [0.717, 1.165) is 19.3 Å². The maximum Gasteiger partial charge on any atom is -0.0100 e. The molecule has 1 radical (unpaired) electrons. The molecule has 0 aliphatic rings. The molecule has 0 aliphatic carbocycles. The lowest BCUT2D eigenvalue weighted by molar-refractivity contribution is 0.728. The molecule has 89 valence electrons. The summed E-state index contributed by atoms with van der Waals surface area (Å²) < 4.78 is 0. The van der Waals surface area contributed by atoms with Gasteiger partial charge in [0.1, 0.15) is 0 Å². The van der Waals surface area contributed by atoms with Crippen molar-refractivity contribution in [3.8, 4) is 0 Å². The highest BCUT2D eigenvalue weighted by atomic mass is 13.9. The van der Waals surface area contributed by atoms with Crippen LogP contribution < -0.4 is 0 Å². The van der Waals surface area contributed by atoms with Gasteiger partial charge in [0.25, 0.3) is 0 Å². The first-order valence-corrected chi connectivity index (χ1v) is 6.37. The molecule has 0 amide bonds. The third-order valence-electron chi connectivity index (χ3n) is 2.24. The van der Waals surface area contributed by atoms with Gasteiger partial charge in [0.2, 0.25) is 0 Å². The van der Waals surface area contributed by atoms with Gasteiger partial charge in [-0.2, -0.15) is 0 Å². The quantitative estimate of drug-likeness (QED) is 0.340. The molecule has 0 saturated carbocycles. The van der Waals surface area contributed by atoms with E-state index in [4.69, 9.17) is 0 Å². The Balaban J connectivity index is 3.29. The van der Waals surface area contributed by atoms with Crippen molar-refractivity contribution in [1.29, 1.82) is 0 Å². The summed E-state index contributed by atoms with van der Waals surface area (Å²) in [5, 5.41) is 0. The molecule has 0 saturated heterocycles. The molecule has 0 bridgehead atoms. The summed E-state index contributed by atoms with van der Waals surface area (Å²) in [7, 11) is 0. The van der Waals surface area contributed by atoms with Crippen LogP contribution in [0.3, 0.4) is 0 Å². The molecule has 0 aliphatic heterocycles. The molecule has 0 N–H and O–H groups in total. The first-order chi connectivity index (χ1) is 7.91. The molecule has 0 rings (SSSR count). The smallest absolute Gasteiger partial charge is 0.0100 e. The summed E-state index contributed by atoms with van der Waals surface area (Å²) in [6.07, 6.45) is 24.1. The van der Waals surface area contributed by atoms with E-state index < -0.39 is 0 Å². The summed E-state index contributed by atoms with van der Waals surface area (Å²) in [4.78, 5) is 0. The number of hydrogen-bond donors (Lipinski definition) is 0. The maximum atomic E-state index is 3.64. The largest absolute Gasteiger partial charge is 0.103 e. The number of unbranched alkanes of at least 4 members (excludes halogenated alkanes) is 3. The van der Waals surface area contributed by atoms with E-state index in [1.165, 1.54) is 25.7 Å². The fourth-order valence-electron chi connectivity index (χ4n) is 1.32. The Morgan fingerprint density at radius 1 is 1.00 bits per heavy atom. The van der Waals surface area contributed by atoms with E-state index in [0.29, 0.717) is 0 Å². The minimum absolute atomic E-state index is 0.852. The molecule has 0 aromatic rings. The van der Waals surface area contributed by atoms with E-state index in [1.807, 2.05) is 6.08 Å². The second-order valence-corrected chi connectivity index (χ2v) is 3.81. The lowest BCUT2D eigenvalue weighted by Gasteiger charge is -1.90. The van der Waals surface area contributed by atoms with Gasteiger partial charge in [-0.05, 0) is 38.2 Å². The summed E-state index contributed by atoms with van der Waals surface area (Å²) in [6.45, 7) is 5.88. The van der Waals surface area contributed by atoms with Gasteiger partial charge >= 0.3 is 0 Å². The normalized spacial score (nSPS) is 12.1. The van der Waals surface area contributed by atoms with Crippen LogP contribution >= 0.6 is 0 Å². The van der Waals surface area contributed by atoms with Crippen LogP contribution in [0.25, 0.3) is 0 Å². The average Bonchev–Trinajstić information content (AvgIpc) is 2.31. The molecule has 0 unspecified atom stereocenters. The molecule has 0 spiro atoms. The van der Waals surface area contributed by atoms with Gasteiger partial charge < -0.3 is 0 Å². The topological polar surface area (TPSA) is 0 Å². The third-order valence-corrected chi connectivity index (χ3v) is 2.24. The summed E-state index contributed by atoms with van der Waals surface area (Å²) in [5.74, 6) is 0. The van der Waals surface area contributed by atoms with Gasteiger partial charge in [0.15, 0.2) is 0 Å². The van der Waals surface area contributed by atoms with Crippen LogP contribution in [-0.2, 0) is 0 Å². The van der Waals surface area contributed by atoms with Crippen LogP contribution in [0.15, 0.2) is 43.0 Å². The lowest BCUT2D eigenvalue weighted by Crippen LogP contribution is -1.70. The van der Waals surface area contributed by atoms with Crippen molar-refractivity contribution in [2.24, 2.45) is 0 Å². The predicted octanol–water partition coefficient (Wildman–Crippen LogP) is 5.39. The second kappa shape index (κ2) is 14.0. The second-order valence-electron chi connectivity index (χ2n) is 3.81. The minimum Gasteiger partial charge on any atom is -0.103 e. The molecule has 0 heteroatoms. The zero-order valence-corrected chi connectivity index (χ0v) is 10.6. The van der Waals surface area contributed by atoms with E-state index in [2.05, 4.69) is 50.0 Å². The summed E-state index contributed by atoms with van der Waals surface area (Å²) >= 11 is 0. The lowest BCUT2D eigenvalue weighted by atomic mass is 10.2. The van der Waals surface area contributed by atoms with Gasteiger partial charge in [0, 0.05) is 0 Å². The van der Waals surface area contributed by atoms with Crippen LogP contribution in [0.1, 0.15) is 51.9 Å². The first-order valence-electron chi connectivity index (χ1n) is 6.37. The molecule has 0 heterocycles. The van der Waals surface area contributed by atoms with Crippen LogP contribution in [0.5, 0.6) is 0 Å². The Morgan fingerprint density at radius 3 is 2.50 bits per heavy atom. The fourth-order valence-corrected chi connectivity index (χ4v) is 1.32. The Kier molecular flexibility index (Phi) is 13.1. The first kappa shape index (κ1) is 15.0. The standard InChI is InChI=1S/C16H25/c1-3-5-7-9-11-13-15-16-14-12-10-8-6-4-2/h3,9,12-15H,1,4-6,8,10-11,16H2,2H3. The minimum atomic E-state index is 0.852. The van der Waals surface area contributed by atoms with Crippen molar-refractivity contribution in [2.45, 2.75) is 51.9 Å². The Labute approximate surface area is 101 Å². The number of hydrogen-bond acceptors (Lipinski definition) is 0. The van der Waals surface area contributed by atoms with E-state index in [9.17, 15) is 0 Å². The van der Waals surface area contributed by atoms with Crippen molar-refractivity contribution >= 4 is 0 Å². The number of rotatable bonds is 10. The van der Waals surface area contributed by atoms with Gasteiger partial charge in [-0.1, -0.05) is 56.2 Å². The van der Waals surface area contributed by atoms with E-state index in [-0.39, 0.29) is 0 Å². The van der Waals surface area contributed by atoms with Gasteiger partial charge in [-0.25, -0.2) is 0 Å². The molecule has 16 heavy (non-hydrogen) atoms. The molecule has 0 nitrogen and oxygen atoms in total. The Hall–Kier alpha value is -1.04. The summed E-state index contributed by atoms with van der Waals surface area (Å²) in [6, 6.07) is 0. The average molecular weight is 217 g/mol. The van der Waals surface area contributed by atoms with Crippen molar-refractivity contribution in [3.05, 3.63) is 49.1 Å². The van der Waals surface area contributed by atoms with Crippen LogP contribution in [0.4, 0.5) is 0 Å². The molecular formula is C16H25. The van der Waals surface area contributed by atoms with Gasteiger partial charge in [-0.3, -0.25) is 0 Å². The maximum absolute atomic E-state index is 3.64. The highest BCUT2D eigenvalue weighted by Gasteiger charge is 1.80. The molecule has 0 aromatic heterocycles. The predicted molar refractivity (Wildman–Crippen MR) is 74.3 cm³/mol. The highest BCUT2D eigenvalue weighted by Crippen LogP contribution is 2.00. The Morgan fingerprint density at radius 2 is 1.75 bits per heavy atom. The molecule has 0 fully saturated rings. The Bertz CT molecular complexity index is 218. The van der Waals surface area contributed by atoms with Crippen molar-refractivity contribution in [1.82, 2.24) is 0 Å². The van der Waals surface area contributed by atoms with Crippen LogP contribution in [0.2, 0.25) is 0 Å². The third kappa shape index (κ3) is 13.0. The molecule has 0 atom stereocenters. The fraction of sp³-hybridized carbons (Fsp3) is 0.500. The van der Waals surface area contributed by atoms with Crippen LogP contribution in [-0.4, -0.2) is 0 Å². The van der Waals surface area contributed by atoms with E-state index >= 15 is 0 Å². The van der Waals surface area contributed by atoms with Crippen LogP contribution in [0, 0.1) is 6.08 Å². The number of allylic oxidation sites excluding steroid dienone is 7. The van der Waals surface area contributed by atoms with E-state index in [1.54, 1.807) is 0 Å². The van der Waals surface area contributed by atoms with Crippen molar-refractivity contribution in [3.63, 3.8) is 0 Å². The van der Waals surface area contributed by atoms with Crippen molar-refractivity contribution < 1.29 is 0 Å².